The molecular formula is C14H14Cl3N3O3S. The molecule has 0 atom stereocenters. The molecule has 1 aromatic carbocycles. The number of benzene rings is 1. The molecule has 0 bridgehead atoms. The van der Waals surface area contributed by atoms with Crippen molar-refractivity contribution in [1.29, 1.82) is 0 Å². The highest BCUT2D eigenvalue weighted by atomic mass is 35.5. The minimum atomic E-state index is -4.13. The van der Waals surface area contributed by atoms with E-state index in [9.17, 15) is 13.2 Å². The first-order valence-electron chi connectivity index (χ1n) is 6.97. The first-order valence-corrected chi connectivity index (χ1v) is 9.59. The van der Waals surface area contributed by atoms with Crippen molar-refractivity contribution in [3.05, 3.63) is 39.5 Å². The Morgan fingerprint density at radius 3 is 2.38 bits per heavy atom. The molecule has 1 heterocycles. The van der Waals surface area contributed by atoms with Crippen molar-refractivity contribution in [2.24, 2.45) is 0 Å². The van der Waals surface area contributed by atoms with Gasteiger partial charge in [0.1, 0.15) is 0 Å². The number of sulfone groups is 1. The van der Waals surface area contributed by atoms with E-state index < -0.39 is 20.9 Å². The van der Waals surface area contributed by atoms with Crippen LogP contribution in [0.15, 0.2) is 34.3 Å². The third kappa shape index (κ3) is 3.39. The van der Waals surface area contributed by atoms with Gasteiger partial charge in [0.2, 0.25) is 14.9 Å². The second-order valence-electron chi connectivity index (χ2n) is 4.74. The van der Waals surface area contributed by atoms with E-state index in [1.165, 1.54) is 23.1 Å². The van der Waals surface area contributed by atoms with Gasteiger partial charge in [-0.05, 0) is 26.0 Å². The summed E-state index contributed by atoms with van der Waals surface area (Å²) >= 11 is 17.8. The van der Waals surface area contributed by atoms with E-state index in [1.807, 2.05) is 0 Å². The van der Waals surface area contributed by atoms with Crippen LogP contribution in [0.2, 0.25) is 15.1 Å². The van der Waals surface area contributed by atoms with Crippen molar-refractivity contribution < 1.29 is 13.2 Å². The van der Waals surface area contributed by atoms with Gasteiger partial charge in [0.25, 0.3) is 0 Å². The maximum Gasteiger partial charge on any atom is 0.344 e. The highest BCUT2D eigenvalue weighted by molar-refractivity contribution is 7.91. The lowest BCUT2D eigenvalue weighted by Gasteiger charge is -2.17. The number of halogens is 3. The summed E-state index contributed by atoms with van der Waals surface area (Å²) in [5.41, 5.74) is 0. The number of nitrogens with zero attached hydrogens (tertiary/aromatic N) is 3. The first-order chi connectivity index (χ1) is 11.2. The molecule has 0 fully saturated rings. The minimum Gasteiger partial charge on any atom is -0.323 e. The monoisotopic (exact) mass is 409 g/mol. The molecule has 0 unspecified atom stereocenters. The van der Waals surface area contributed by atoms with Gasteiger partial charge in [-0.3, -0.25) is 0 Å². The van der Waals surface area contributed by atoms with Crippen molar-refractivity contribution in [3.63, 3.8) is 0 Å². The van der Waals surface area contributed by atoms with E-state index >= 15 is 0 Å². The van der Waals surface area contributed by atoms with Crippen LogP contribution in [0.4, 0.5) is 4.79 Å². The number of carbonyl (C=O) groups excluding carboxylic acids is 1. The Labute approximate surface area is 154 Å². The van der Waals surface area contributed by atoms with Gasteiger partial charge in [-0.25, -0.2) is 13.2 Å². The summed E-state index contributed by atoms with van der Waals surface area (Å²) in [6.07, 6.45) is 1.16. The lowest BCUT2D eigenvalue weighted by Crippen LogP contribution is -2.34. The van der Waals surface area contributed by atoms with Gasteiger partial charge >= 0.3 is 6.03 Å². The molecule has 130 valence electrons. The van der Waals surface area contributed by atoms with E-state index in [0.717, 1.165) is 10.9 Å². The summed E-state index contributed by atoms with van der Waals surface area (Å²) in [5, 5.41) is 3.19. The predicted octanol–water partition coefficient (Wildman–Crippen LogP) is 3.99. The van der Waals surface area contributed by atoms with E-state index in [2.05, 4.69) is 5.10 Å². The van der Waals surface area contributed by atoms with Gasteiger partial charge in [0, 0.05) is 13.1 Å². The van der Waals surface area contributed by atoms with Gasteiger partial charge < -0.3 is 4.90 Å². The predicted molar refractivity (Wildman–Crippen MR) is 92.9 cm³/mol. The Hall–Kier alpha value is -1.28. The molecule has 0 N–H and O–H groups in total. The van der Waals surface area contributed by atoms with E-state index in [1.54, 1.807) is 13.8 Å². The molecule has 24 heavy (non-hydrogen) atoms. The highest BCUT2D eigenvalue weighted by Crippen LogP contribution is 2.34. The lowest BCUT2D eigenvalue weighted by atomic mass is 10.4. The molecule has 0 saturated carbocycles. The summed E-state index contributed by atoms with van der Waals surface area (Å²) in [5.74, 6) is 0. The molecule has 1 aromatic heterocycles. The molecule has 0 aliphatic rings. The van der Waals surface area contributed by atoms with Crippen molar-refractivity contribution in [2.45, 2.75) is 23.8 Å². The fraction of sp³-hybridized carbons (Fsp3) is 0.286. The quantitative estimate of drug-likeness (QED) is 0.764. The largest absolute Gasteiger partial charge is 0.344 e. The zero-order valence-electron chi connectivity index (χ0n) is 12.8. The Balaban J connectivity index is 2.53. The zero-order valence-corrected chi connectivity index (χ0v) is 15.9. The number of aromatic nitrogens is 2. The number of amides is 1. The number of hydrogen-bond acceptors (Lipinski definition) is 4. The molecule has 0 aliphatic heterocycles. The summed E-state index contributed by atoms with van der Waals surface area (Å²) in [7, 11) is -4.13. The Bertz CT molecular complexity index is 877. The maximum absolute atomic E-state index is 12.7. The van der Waals surface area contributed by atoms with Crippen molar-refractivity contribution >= 4 is 50.7 Å². The average molecular weight is 411 g/mol. The van der Waals surface area contributed by atoms with E-state index in [-0.39, 0.29) is 20.0 Å². The van der Waals surface area contributed by atoms with Crippen LogP contribution in [-0.2, 0) is 9.84 Å². The van der Waals surface area contributed by atoms with Crippen LogP contribution < -0.4 is 0 Å². The van der Waals surface area contributed by atoms with Crippen LogP contribution in [-0.4, -0.2) is 42.2 Å². The number of rotatable bonds is 4. The normalized spacial score (nSPS) is 11.5. The summed E-state index contributed by atoms with van der Waals surface area (Å²) in [4.78, 5) is 13.5. The molecular weight excluding hydrogens is 397 g/mol. The van der Waals surface area contributed by atoms with Crippen LogP contribution in [0.5, 0.6) is 0 Å². The Kier molecular flexibility index (Phi) is 5.80. The molecule has 1 amide bonds. The molecule has 0 spiro atoms. The maximum atomic E-state index is 12.7. The molecule has 10 heteroatoms. The molecule has 2 aromatic rings. The Morgan fingerprint density at radius 2 is 1.79 bits per heavy atom. The van der Waals surface area contributed by atoms with E-state index in [4.69, 9.17) is 34.8 Å². The van der Waals surface area contributed by atoms with Crippen LogP contribution >= 0.6 is 34.8 Å². The fourth-order valence-electron chi connectivity index (χ4n) is 2.05. The van der Waals surface area contributed by atoms with Crippen molar-refractivity contribution in [2.75, 3.05) is 13.1 Å². The summed E-state index contributed by atoms with van der Waals surface area (Å²) < 4.78 is 26.4. The van der Waals surface area contributed by atoms with Gasteiger partial charge in [0.15, 0.2) is 0 Å². The van der Waals surface area contributed by atoms with Gasteiger partial charge in [-0.1, -0.05) is 40.9 Å². The standard InChI is InChI=1S/C14H14Cl3N3O3S/c1-3-19(4-2)14(21)20-8-10(16)13(18-20)24(22,23)11-7-5-6-9(15)12(11)17/h5-8H,3-4H2,1-2H3. The Morgan fingerprint density at radius 1 is 1.17 bits per heavy atom. The minimum absolute atomic E-state index is 0.0903. The zero-order chi connectivity index (χ0) is 18.1. The lowest BCUT2D eigenvalue weighted by molar-refractivity contribution is 0.201. The van der Waals surface area contributed by atoms with Crippen LogP contribution in [0.25, 0.3) is 0 Å². The number of hydrogen-bond donors (Lipinski definition) is 0. The second-order valence-corrected chi connectivity index (χ2v) is 7.76. The average Bonchev–Trinajstić information content (AvgIpc) is 2.93. The second kappa shape index (κ2) is 7.31. The summed E-state index contributed by atoms with van der Waals surface area (Å²) in [6.45, 7) is 4.51. The summed E-state index contributed by atoms with van der Waals surface area (Å²) in [6, 6.07) is 3.74. The van der Waals surface area contributed by atoms with Crippen LogP contribution in [0.3, 0.4) is 0 Å². The molecule has 2 rings (SSSR count). The number of carbonyl (C=O) groups is 1. The van der Waals surface area contributed by atoms with Gasteiger partial charge in [0.05, 0.1) is 26.2 Å². The third-order valence-electron chi connectivity index (χ3n) is 3.33. The SMILES string of the molecule is CCN(CC)C(=O)n1cc(Cl)c(S(=O)(=O)c2cccc(Cl)c2Cl)n1. The first kappa shape index (κ1) is 19.1. The fourth-order valence-corrected chi connectivity index (χ4v) is 4.46. The van der Waals surface area contributed by atoms with Gasteiger partial charge in [-0.2, -0.15) is 9.78 Å². The molecule has 0 saturated heterocycles. The smallest absolute Gasteiger partial charge is 0.323 e. The molecule has 0 radical (unpaired) electrons. The topological polar surface area (TPSA) is 72.3 Å². The third-order valence-corrected chi connectivity index (χ3v) is 6.38. The van der Waals surface area contributed by atoms with Crippen LogP contribution in [0.1, 0.15) is 13.8 Å². The molecule has 6 nitrogen and oxygen atoms in total. The van der Waals surface area contributed by atoms with Crippen molar-refractivity contribution in [1.82, 2.24) is 14.7 Å². The van der Waals surface area contributed by atoms with Crippen molar-refractivity contribution in [3.8, 4) is 0 Å². The highest BCUT2D eigenvalue weighted by Gasteiger charge is 2.29. The van der Waals surface area contributed by atoms with Crippen LogP contribution in [0, 0.1) is 0 Å². The van der Waals surface area contributed by atoms with E-state index in [0.29, 0.717) is 13.1 Å². The molecule has 0 aliphatic carbocycles. The van der Waals surface area contributed by atoms with Gasteiger partial charge in [-0.15, -0.1) is 0 Å².